The van der Waals surface area contributed by atoms with Gasteiger partial charge in [-0.05, 0) is 18.6 Å². The number of carbonyl (C=O) groups is 2. The van der Waals surface area contributed by atoms with Crippen LogP contribution in [0.25, 0.3) is 0 Å². The Labute approximate surface area is 164 Å². The molecule has 26 heavy (non-hydrogen) atoms. The number of unbranched alkanes of at least 4 members (excludes halogenated alkanes) is 11. The number of carboxylic acids is 1. The predicted molar refractivity (Wildman–Crippen MR) is 111 cm³/mol. The van der Waals surface area contributed by atoms with Gasteiger partial charge in [-0.3, -0.25) is 4.79 Å². The zero-order valence-electron chi connectivity index (χ0n) is 16.7. The summed E-state index contributed by atoms with van der Waals surface area (Å²) >= 11 is 1.85. The van der Waals surface area contributed by atoms with E-state index in [9.17, 15) is 9.59 Å². The second-order valence-electron chi connectivity index (χ2n) is 7.48. The van der Waals surface area contributed by atoms with Crippen molar-refractivity contribution in [2.24, 2.45) is 0 Å². The Morgan fingerprint density at radius 1 is 0.962 bits per heavy atom. The van der Waals surface area contributed by atoms with E-state index in [1.807, 2.05) is 11.8 Å². The topological polar surface area (TPSA) is 57.6 Å². The second kappa shape index (κ2) is 15.4. The van der Waals surface area contributed by atoms with E-state index in [1.54, 1.807) is 4.90 Å². The van der Waals surface area contributed by atoms with Crippen molar-refractivity contribution >= 4 is 23.6 Å². The largest absolute Gasteiger partial charge is 0.480 e. The van der Waals surface area contributed by atoms with Crippen LogP contribution in [0.5, 0.6) is 0 Å². The van der Waals surface area contributed by atoms with Crippen LogP contribution in [0.2, 0.25) is 0 Å². The number of nitrogens with zero attached hydrogens (tertiary/aromatic N) is 1. The second-order valence-corrected chi connectivity index (χ2v) is 8.71. The van der Waals surface area contributed by atoms with E-state index in [0.29, 0.717) is 19.4 Å². The zero-order valence-corrected chi connectivity index (χ0v) is 17.5. The number of likely N-dealkylation sites (tertiary alicyclic amines) is 1. The molecule has 0 bridgehead atoms. The molecule has 1 N–H and O–H groups in total. The third-order valence-corrected chi connectivity index (χ3v) is 6.28. The molecule has 1 amide bonds. The molecule has 0 aromatic heterocycles. The summed E-state index contributed by atoms with van der Waals surface area (Å²) in [7, 11) is 0. The fourth-order valence-electron chi connectivity index (χ4n) is 3.58. The summed E-state index contributed by atoms with van der Waals surface area (Å²) in [6.45, 7) is 2.85. The first-order chi connectivity index (χ1) is 12.7. The van der Waals surface area contributed by atoms with E-state index in [1.165, 1.54) is 77.0 Å². The van der Waals surface area contributed by atoms with Crippen LogP contribution < -0.4 is 0 Å². The molecule has 1 unspecified atom stereocenters. The van der Waals surface area contributed by atoms with Gasteiger partial charge in [0.15, 0.2) is 0 Å². The smallest absolute Gasteiger partial charge is 0.326 e. The molecule has 1 aliphatic heterocycles. The first kappa shape index (κ1) is 23.3. The molecule has 1 aliphatic rings. The van der Waals surface area contributed by atoms with Gasteiger partial charge >= 0.3 is 5.97 Å². The summed E-state index contributed by atoms with van der Waals surface area (Å²) in [6, 6.07) is -0.588. The van der Waals surface area contributed by atoms with Gasteiger partial charge in [-0.15, -0.1) is 0 Å². The Bertz CT molecular complexity index is 389. The Balaban J connectivity index is 1.84. The molecular weight excluding hydrogens is 346 g/mol. The number of amides is 1. The Morgan fingerprint density at radius 3 is 2.04 bits per heavy atom. The summed E-state index contributed by atoms with van der Waals surface area (Å²) in [4.78, 5) is 24.4. The number of hydrogen-bond acceptors (Lipinski definition) is 3. The summed E-state index contributed by atoms with van der Waals surface area (Å²) < 4.78 is 0. The van der Waals surface area contributed by atoms with Crippen LogP contribution in [0, 0.1) is 0 Å². The third kappa shape index (κ3) is 10.4. The minimum Gasteiger partial charge on any atom is -0.480 e. The highest BCUT2D eigenvalue weighted by molar-refractivity contribution is 7.99. The lowest BCUT2D eigenvalue weighted by atomic mass is 10.1. The van der Waals surface area contributed by atoms with Crippen molar-refractivity contribution in [2.75, 3.05) is 18.1 Å². The molecule has 0 aromatic rings. The predicted octanol–water partition coefficient (Wildman–Crippen LogP) is 5.50. The number of carbonyl (C=O) groups excluding carboxylic acids is 1. The van der Waals surface area contributed by atoms with Gasteiger partial charge in [0.2, 0.25) is 5.91 Å². The zero-order chi connectivity index (χ0) is 19.0. The van der Waals surface area contributed by atoms with Crippen molar-refractivity contribution < 1.29 is 14.7 Å². The highest BCUT2D eigenvalue weighted by Gasteiger charge is 2.35. The molecule has 1 atom stereocenters. The van der Waals surface area contributed by atoms with Gasteiger partial charge < -0.3 is 10.0 Å². The van der Waals surface area contributed by atoms with E-state index >= 15 is 0 Å². The van der Waals surface area contributed by atoms with Crippen molar-refractivity contribution in [3.8, 4) is 0 Å². The van der Waals surface area contributed by atoms with Crippen LogP contribution in [0.3, 0.4) is 0 Å². The maximum Gasteiger partial charge on any atom is 0.326 e. The van der Waals surface area contributed by atoms with Crippen LogP contribution in [-0.4, -0.2) is 46.0 Å². The molecule has 5 heteroatoms. The van der Waals surface area contributed by atoms with Crippen LogP contribution >= 0.6 is 11.8 Å². The molecule has 4 nitrogen and oxygen atoms in total. The summed E-state index contributed by atoms with van der Waals surface area (Å²) in [5.74, 6) is 1.12. The monoisotopic (exact) mass is 385 g/mol. The van der Waals surface area contributed by atoms with Crippen LogP contribution in [0.1, 0.15) is 96.8 Å². The molecule has 0 aliphatic carbocycles. The number of rotatable bonds is 17. The number of hydrogen-bond donors (Lipinski definition) is 1. The normalized spacial score (nSPS) is 17.2. The fraction of sp³-hybridized carbons (Fsp3) is 0.905. The standard InChI is InChI=1S/C21H39NO3S/c1-2-3-4-5-6-7-8-9-10-11-12-13-17-26-18-16-22-19(21(24)25)14-15-20(22)23/h19H,2-18H2,1H3,(H,24,25). The van der Waals surface area contributed by atoms with Crippen molar-refractivity contribution in [1.29, 1.82) is 0 Å². The van der Waals surface area contributed by atoms with Crippen molar-refractivity contribution in [3.63, 3.8) is 0 Å². The molecule has 0 radical (unpaired) electrons. The van der Waals surface area contributed by atoms with Crippen molar-refractivity contribution in [3.05, 3.63) is 0 Å². The Morgan fingerprint density at radius 2 is 1.50 bits per heavy atom. The fourth-order valence-corrected chi connectivity index (χ4v) is 4.52. The maximum absolute atomic E-state index is 11.7. The van der Waals surface area contributed by atoms with E-state index in [2.05, 4.69) is 6.92 Å². The SMILES string of the molecule is CCCCCCCCCCCCCCSCCN1C(=O)CCC1C(=O)O. The molecule has 0 saturated carbocycles. The van der Waals surface area contributed by atoms with Gasteiger partial charge in [0.25, 0.3) is 0 Å². The van der Waals surface area contributed by atoms with Crippen LogP contribution in [0.4, 0.5) is 0 Å². The number of thioether (sulfide) groups is 1. The van der Waals surface area contributed by atoms with Gasteiger partial charge in [-0.2, -0.15) is 11.8 Å². The molecule has 1 saturated heterocycles. The lowest BCUT2D eigenvalue weighted by Crippen LogP contribution is -2.39. The molecule has 1 heterocycles. The highest BCUT2D eigenvalue weighted by Crippen LogP contribution is 2.20. The number of aliphatic carboxylic acids is 1. The van der Waals surface area contributed by atoms with Crippen molar-refractivity contribution in [1.82, 2.24) is 4.90 Å². The maximum atomic E-state index is 11.7. The average Bonchev–Trinajstić information content (AvgIpc) is 2.99. The summed E-state index contributed by atoms with van der Waals surface area (Å²) in [5.41, 5.74) is 0. The van der Waals surface area contributed by atoms with Gasteiger partial charge in [-0.25, -0.2) is 4.79 Å². The molecular formula is C21H39NO3S. The number of carboxylic acid groups (broad SMARTS) is 1. The van der Waals surface area contributed by atoms with Gasteiger partial charge in [0.1, 0.15) is 6.04 Å². The lowest BCUT2D eigenvalue weighted by Gasteiger charge is -2.21. The van der Waals surface area contributed by atoms with E-state index in [4.69, 9.17) is 5.11 Å². The highest BCUT2D eigenvalue weighted by atomic mass is 32.2. The Hall–Kier alpha value is -0.710. The van der Waals surface area contributed by atoms with Gasteiger partial charge in [0, 0.05) is 18.7 Å². The molecule has 1 rings (SSSR count). The Kier molecular flexibility index (Phi) is 13.8. The van der Waals surface area contributed by atoms with E-state index < -0.39 is 12.0 Å². The first-order valence-electron chi connectivity index (χ1n) is 10.8. The van der Waals surface area contributed by atoms with Crippen LogP contribution in [-0.2, 0) is 9.59 Å². The molecule has 1 fully saturated rings. The minimum absolute atomic E-state index is 0.00311. The first-order valence-corrected chi connectivity index (χ1v) is 11.9. The molecule has 0 spiro atoms. The summed E-state index contributed by atoms with van der Waals surface area (Å²) in [5, 5.41) is 9.13. The van der Waals surface area contributed by atoms with E-state index in [0.717, 1.165) is 11.5 Å². The van der Waals surface area contributed by atoms with Gasteiger partial charge in [-0.1, -0.05) is 77.6 Å². The van der Waals surface area contributed by atoms with E-state index in [-0.39, 0.29) is 5.91 Å². The molecule has 0 aromatic carbocycles. The molecule has 152 valence electrons. The summed E-state index contributed by atoms with van der Waals surface area (Å²) in [6.07, 6.45) is 17.3. The third-order valence-electron chi connectivity index (χ3n) is 5.23. The average molecular weight is 386 g/mol. The van der Waals surface area contributed by atoms with Crippen LogP contribution in [0.15, 0.2) is 0 Å². The van der Waals surface area contributed by atoms with Crippen molar-refractivity contribution in [2.45, 2.75) is 103 Å². The lowest BCUT2D eigenvalue weighted by molar-refractivity contribution is -0.146. The van der Waals surface area contributed by atoms with Gasteiger partial charge in [0.05, 0.1) is 0 Å². The quantitative estimate of drug-likeness (QED) is 0.336. The minimum atomic E-state index is -0.859.